The molecule has 0 spiro atoms. The van der Waals surface area contributed by atoms with Crippen LogP contribution in [0.4, 0.5) is 10.3 Å². The summed E-state index contributed by atoms with van der Waals surface area (Å²) >= 11 is 11.1. The zero-order valence-corrected chi connectivity index (χ0v) is 14.7. The minimum atomic E-state index is -0.264. The summed E-state index contributed by atoms with van der Waals surface area (Å²) in [6.07, 6.45) is 1.62. The van der Waals surface area contributed by atoms with E-state index in [4.69, 9.17) is 23.8 Å². The summed E-state index contributed by atoms with van der Waals surface area (Å²) in [6.45, 7) is 1.07. The molecule has 0 bridgehead atoms. The first-order valence-corrected chi connectivity index (χ1v) is 8.30. The van der Waals surface area contributed by atoms with Crippen molar-refractivity contribution in [2.45, 2.75) is 13.1 Å². The Labute approximate surface area is 154 Å². The molecule has 1 heterocycles. The van der Waals surface area contributed by atoms with Crippen LogP contribution >= 0.6 is 23.8 Å². The predicted octanol–water partition coefficient (Wildman–Crippen LogP) is 3.61. The first kappa shape index (κ1) is 17.3. The molecule has 0 saturated carbocycles. The number of halogens is 2. The second kappa shape index (κ2) is 8.04. The van der Waals surface area contributed by atoms with Crippen LogP contribution in [0.1, 0.15) is 11.1 Å². The van der Waals surface area contributed by atoms with Crippen molar-refractivity contribution in [2.75, 3.05) is 5.32 Å². The van der Waals surface area contributed by atoms with Gasteiger partial charge in [0.15, 0.2) is 5.11 Å². The fourth-order valence-electron chi connectivity index (χ4n) is 2.14. The Morgan fingerprint density at radius 3 is 2.48 bits per heavy atom. The van der Waals surface area contributed by atoms with Crippen molar-refractivity contribution >= 4 is 34.9 Å². The molecule has 0 aliphatic carbocycles. The number of hydrogen-bond acceptors (Lipinski definition) is 3. The van der Waals surface area contributed by atoms with Gasteiger partial charge in [0.05, 0.1) is 6.54 Å². The minimum Gasteiger partial charge on any atom is -0.358 e. The summed E-state index contributed by atoms with van der Waals surface area (Å²) < 4.78 is 14.6. The predicted molar refractivity (Wildman–Crippen MR) is 100 cm³/mol. The average molecular weight is 376 g/mol. The van der Waals surface area contributed by atoms with Gasteiger partial charge in [0.2, 0.25) is 5.95 Å². The van der Waals surface area contributed by atoms with E-state index in [1.807, 2.05) is 24.3 Å². The third kappa shape index (κ3) is 5.23. The molecule has 128 valence electrons. The zero-order chi connectivity index (χ0) is 17.6. The number of benzene rings is 2. The maximum Gasteiger partial charge on any atom is 0.248 e. The standard InChI is InChI=1S/C17H15ClFN5S/c18-14-5-1-13(2-6-14)10-24-11-21-16(23-24)22-17(25)20-9-12-3-7-15(19)8-4-12/h1-8,11H,9-10H2,(H2,20,22,23,25). The van der Waals surface area contributed by atoms with Crippen molar-refractivity contribution in [1.82, 2.24) is 20.1 Å². The summed E-state index contributed by atoms with van der Waals surface area (Å²) in [5.74, 6) is 0.144. The molecule has 0 radical (unpaired) electrons. The van der Waals surface area contributed by atoms with Gasteiger partial charge in [-0.3, -0.25) is 5.32 Å². The molecule has 25 heavy (non-hydrogen) atoms. The lowest BCUT2D eigenvalue weighted by Gasteiger charge is -2.08. The van der Waals surface area contributed by atoms with E-state index >= 15 is 0 Å². The van der Waals surface area contributed by atoms with E-state index in [0.29, 0.717) is 29.2 Å². The second-order valence-corrected chi connectivity index (χ2v) is 6.17. The third-order valence-corrected chi connectivity index (χ3v) is 3.88. The van der Waals surface area contributed by atoms with Crippen molar-refractivity contribution in [3.63, 3.8) is 0 Å². The van der Waals surface area contributed by atoms with Crippen LogP contribution in [0, 0.1) is 5.82 Å². The maximum absolute atomic E-state index is 12.9. The van der Waals surface area contributed by atoms with Gasteiger partial charge in [-0.15, -0.1) is 5.10 Å². The first-order chi connectivity index (χ1) is 12.1. The van der Waals surface area contributed by atoms with Crippen molar-refractivity contribution in [2.24, 2.45) is 0 Å². The van der Waals surface area contributed by atoms with Crippen LogP contribution in [0.15, 0.2) is 54.9 Å². The Morgan fingerprint density at radius 1 is 1.08 bits per heavy atom. The number of nitrogens with zero attached hydrogens (tertiary/aromatic N) is 3. The van der Waals surface area contributed by atoms with E-state index < -0.39 is 0 Å². The van der Waals surface area contributed by atoms with E-state index in [1.54, 1.807) is 23.1 Å². The van der Waals surface area contributed by atoms with Crippen LogP contribution in [0.25, 0.3) is 0 Å². The van der Waals surface area contributed by atoms with Gasteiger partial charge in [0, 0.05) is 11.6 Å². The Bertz CT molecular complexity index is 848. The van der Waals surface area contributed by atoms with E-state index in [-0.39, 0.29) is 5.82 Å². The monoisotopic (exact) mass is 375 g/mol. The highest BCUT2D eigenvalue weighted by atomic mass is 35.5. The lowest BCUT2D eigenvalue weighted by molar-refractivity contribution is 0.627. The van der Waals surface area contributed by atoms with Crippen molar-refractivity contribution in [1.29, 1.82) is 0 Å². The molecule has 2 aromatic carbocycles. The average Bonchev–Trinajstić information content (AvgIpc) is 3.03. The largest absolute Gasteiger partial charge is 0.358 e. The molecule has 8 heteroatoms. The number of hydrogen-bond donors (Lipinski definition) is 2. The van der Waals surface area contributed by atoms with Gasteiger partial charge in [-0.05, 0) is 47.6 Å². The van der Waals surface area contributed by atoms with Crippen molar-refractivity contribution in [3.8, 4) is 0 Å². The highest BCUT2D eigenvalue weighted by molar-refractivity contribution is 7.80. The van der Waals surface area contributed by atoms with Gasteiger partial charge in [-0.2, -0.15) is 0 Å². The molecule has 0 fully saturated rings. The van der Waals surface area contributed by atoms with Crippen molar-refractivity contribution in [3.05, 3.63) is 76.8 Å². The minimum absolute atomic E-state index is 0.264. The summed E-state index contributed by atoms with van der Waals surface area (Å²) in [4.78, 5) is 4.17. The molecule has 0 atom stereocenters. The summed E-state index contributed by atoms with van der Waals surface area (Å²) in [6, 6.07) is 13.8. The molecular formula is C17H15ClFN5S. The molecule has 0 aliphatic rings. The van der Waals surface area contributed by atoms with Crippen LogP contribution in [-0.2, 0) is 13.1 Å². The topological polar surface area (TPSA) is 54.8 Å². The molecule has 0 amide bonds. The van der Waals surface area contributed by atoms with Gasteiger partial charge in [0.25, 0.3) is 0 Å². The molecular weight excluding hydrogens is 361 g/mol. The normalized spacial score (nSPS) is 10.5. The number of rotatable bonds is 5. The Hall–Kier alpha value is -2.51. The maximum atomic E-state index is 12.9. The number of anilines is 1. The van der Waals surface area contributed by atoms with Gasteiger partial charge in [0.1, 0.15) is 12.1 Å². The van der Waals surface area contributed by atoms with Gasteiger partial charge < -0.3 is 5.32 Å². The zero-order valence-electron chi connectivity index (χ0n) is 13.1. The van der Waals surface area contributed by atoms with E-state index in [1.165, 1.54) is 12.1 Å². The first-order valence-electron chi connectivity index (χ1n) is 7.52. The number of thiocarbonyl (C=S) groups is 1. The second-order valence-electron chi connectivity index (χ2n) is 5.33. The molecule has 0 saturated heterocycles. The SMILES string of the molecule is Fc1ccc(CNC(=S)Nc2ncn(Cc3ccc(Cl)cc3)n2)cc1. The van der Waals surface area contributed by atoms with E-state index in [9.17, 15) is 4.39 Å². The fourth-order valence-corrected chi connectivity index (χ4v) is 2.42. The Kier molecular flexibility index (Phi) is 5.57. The van der Waals surface area contributed by atoms with Crippen LogP contribution in [-0.4, -0.2) is 19.9 Å². The summed E-state index contributed by atoms with van der Waals surface area (Å²) in [7, 11) is 0. The highest BCUT2D eigenvalue weighted by Gasteiger charge is 2.04. The van der Waals surface area contributed by atoms with Crippen LogP contribution in [0.2, 0.25) is 5.02 Å². The van der Waals surface area contributed by atoms with E-state index in [2.05, 4.69) is 20.7 Å². The van der Waals surface area contributed by atoms with Gasteiger partial charge >= 0.3 is 0 Å². The smallest absolute Gasteiger partial charge is 0.248 e. The number of nitrogens with one attached hydrogen (secondary N) is 2. The molecule has 3 rings (SSSR count). The lowest BCUT2D eigenvalue weighted by atomic mass is 10.2. The van der Waals surface area contributed by atoms with Crippen molar-refractivity contribution < 1.29 is 4.39 Å². The van der Waals surface area contributed by atoms with Crippen LogP contribution < -0.4 is 10.6 Å². The molecule has 5 nitrogen and oxygen atoms in total. The van der Waals surface area contributed by atoms with Crippen LogP contribution in [0.3, 0.4) is 0 Å². The lowest BCUT2D eigenvalue weighted by Crippen LogP contribution is -2.28. The number of aromatic nitrogens is 3. The Balaban J connectivity index is 1.51. The summed E-state index contributed by atoms with van der Waals surface area (Å²) in [5.41, 5.74) is 1.99. The Morgan fingerprint density at radius 2 is 1.76 bits per heavy atom. The highest BCUT2D eigenvalue weighted by Crippen LogP contribution is 2.10. The molecule has 3 aromatic rings. The third-order valence-electron chi connectivity index (χ3n) is 3.39. The van der Waals surface area contributed by atoms with Gasteiger partial charge in [-0.1, -0.05) is 35.9 Å². The fraction of sp³-hybridized carbons (Fsp3) is 0.118. The van der Waals surface area contributed by atoms with Gasteiger partial charge in [-0.25, -0.2) is 14.1 Å². The molecule has 0 unspecified atom stereocenters. The molecule has 0 aliphatic heterocycles. The van der Waals surface area contributed by atoms with Crippen LogP contribution in [0.5, 0.6) is 0 Å². The molecule has 2 N–H and O–H groups in total. The summed E-state index contributed by atoms with van der Waals surface area (Å²) in [5, 5.41) is 11.4. The molecule has 1 aromatic heterocycles. The quantitative estimate of drug-likeness (QED) is 0.667. The van der Waals surface area contributed by atoms with E-state index in [0.717, 1.165) is 11.1 Å².